The largest absolute Gasteiger partial charge is 0.487 e. The molecule has 12 heteroatoms. The van der Waals surface area contributed by atoms with Crippen molar-refractivity contribution in [3.8, 4) is 0 Å². The molecule has 140 valence electrons. The van der Waals surface area contributed by atoms with Gasteiger partial charge in [-0.05, 0) is 0 Å². The number of H-pyrrole nitrogens is 1. The number of esters is 1. The van der Waals surface area contributed by atoms with Crippen LogP contribution in [0.15, 0.2) is 15.8 Å². The number of hydrogen-bond acceptors (Lipinski definition) is 6. The van der Waals surface area contributed by atoms with Crippen molar-refractivity contribution in [1.29, 1.82) is 0 Å². The van der Waals surface area contributed by atoms with Crippen LogP contribution >= 0.6 is 0 Å². The molecule has 25 heavy (non-hydrogen) atoms. The first kappa shape index (κ1) is 20.4. The van der Waals surface area contributed by atoms with Gasteiger partial charge in [-0.15, -0.1) is 13.2 Å². The standard InChI is InChI=1S/C13H16F3N3O6/c1-8(22)25-10(6-20)2-3-18-4-9(11(23)17-12(18)24)5-19(7-21)13(14,15)16/h4,7,10,20H,2-3,5-6H2,1H3,(H,17,23,24). The number of aryl methyl sites for hydroxylation is 1. The second-order valence-electron chi connectivity index (χ2n) is 5.01. The number of carbonyl (C=O) groups is 2. The summed E-state index contributed by atoms with van der Waals surface area (Å²) in [6.45, 7) is -0.611. The number of amides is 1. The van der Waals surface area contributed by atoms with Gasteiger partial charge < -0.3 is 14.4 Å². The van der Waals surface area contributed by atoms with Crippen molar-refractivity contribution in [3.05, 3.63) is 32.6 Å². The van der Waals surface area contributed by atoms with Crippen LogP contribution in [-0.2, 0) is 27.4 Å². The van der Waals surface area contributed by atoms with Gasteiger partial charge in [-0.3, -0.25) is 24.3 Å². The molecule has 1 aromatic heterocycles. The summed E-state index contributed by atoms with van der Waals surface area (Å²) in [5, 5.41) is 9.07. The van der Waals surface area contributed by atoms with E-state index in [1.54, 1.807) is 0 Å². The number of aliphatic hydroxyl groups is 1. The van der Waals surface area contributed by atoms with E-state index in [2.05, 4.69) is 0 Å². The predicted octanol–water partition coefficient (Wildman–Crippen LogP) is -0.671. The smallest absolute Gasteiger partial charge is 0.460 e. The normalized spacial score (nSPS) is 12.5. The topological polar surface area (TPSA) is 122 Å². The average Bonchev–Trinajstić information content (AvgIpc) is 2.50. The van der Waals surface area contributed by atoms with Gasteiger partial charge in [0.05, 0.1) is 18.7 Å². The number of nitrogens with zero attached hydrogens (tertiary/aromatic N) is 2. The molecule has 2 N–H and O–H groups in total. The molecular formula is C13H16F3N3O6. The van der Waals surface area contributed by atoms with Gasteiger partial charge in [0, 0.05) is 26.1 Å². The van der Waals surface area contributed by atoms with E-state index in [0.29, 0.717) is 0 Å². The van der Waals surface area contributed by atoms with Gasteiger partial charge in [0.2, 0.25) is 6.41 Å². The van der Waals surface area contributed by atoms with E-state index < -0.39 is 59.6 Å². The number of ether oxygens (including phenoxy) is 1. The second kappa shape index (κ2) is 8.46. The predicted molar refractivity (Wildman–Crippen MR) is 76.2 cm³/mol. The number of carbonyl (C=O) groups excluding carboxylic acids is 2. The van der Waals surface area contributed by atoms with Crippen LogP contribution in [0.5, 0.6) is 0 Å². The van der Waals surface area contributed by atoms with Crippen molar-refractivity contribution in [2.24, 2.45) is 0 Å². The van der Waals surface area contributed by atoms with E-state index in [9.17, 15) is 32.3 Å². The molecule has 9 nitrogen and oxygen atoms in total. The lowest BCUT2D eigenvalue weighted by Gasteiger charge is -2.20. The van der Waals surface area contributed by atoms with Crippen LogP contribution in [0.25, 0.3) is 0 Å². The zero-order valence-electron chi connectivity index (χ0n) is 13.1. The van der Waals surface area contributed by atoms with Crippen molar-refractivity contribution < 1.29 is 32.6 Å². The fourth-order valence-electron chi connectivity index (χ4n) is 1.91. The Labute approximate surface area is 138 Å². The van der Waals surface area contributed by atoms with Gasteiger partial charge >= 0.3 is 18.0 Å². The second-order valence-corrected chi connectivity index (χ2v) is 5.01. The third kappa shape index (κ3) is 6.06. The highest BCUT2D eigenvalue weighted by Crippen LogP contribution is 2.20. The number of aromatic nitrogens is 2. The van der Waals surface area contributed by atoms with Crippen LogP contribution in [0.4, 0.5) is 13.2 Å². The molecule has 0 aliphatic rings. The van der Waals surface area contributed by atoms with E-state index in [1.807, 2.05) is 4.98 Å². The molecule has 0 bridgehead atoms. The Morgan fingerprint density at radius 2 is 2.12 bits per heavy atom. The zero-order chi connectivity index (χ0) is 19.2. The highest BCUT2D eigenvalue weighted by atomic mass is 19.4. The number of rotatable bonds is 8. The summed E-state index contributed by atoms with van der Waals surface area (Å²) < 4.78 is 43.4. The Bertz CT molecular complexity index is 727. The molecule has 1 aromatic rings. The minimum atomic E-state index is -4.98. The fraction of sp³-hybridized carbons (Fsp3) is 0.538. The summed E-state index contributed by atoms with van der Waals surface area (Å²) >= 11 is 0. The molecule has 0 aromatic carbocycles. The summed E-state index contributed by atoms with van der Waals surface area (Å²) in [6, 6.07) is 0. The molecule has 0 saturated heterocycles. The molecule has 0 saturated carbocycles. The summed E-state index contributed by atoms with van der Waals surface area (Å²) in [5.74, 6) is -0.652. The molecule has 1 heterocycles. The molecular weight excluding hydrogens is 351 g/mol. The van der Waals surface area contributed by atoms with Gasteiger partial charge in [-0.25, -0.2) is 4.79 Å². The average molecular weight is 367 g/mol. The number of aromatic amines is 1. The fourth-order valence-corrected chi connectivity index (χ4v) is 1.91. The number of aliphatic hydroxyl groups excluding tert-OH is 1. The lowest BCUT2D eigenvalue weighted by molar-refractivity contribution is -0.237. The molecule has 0 aliphatic carbocycles. The van der Waals surface area contributed by atoms with Crippen LogP contribution in [0.1, 0.15) is 18.9 Å². The van der Waals surface area contributed by atoms with Crippen molar-refractivity contribution in [2.45, 2.75) is 38.8 Å². The van der Waals surface area contributed by atoms with Crippen LogP contribution < -0.4 is 11.2 Å². The molecule has 1 rings (SSSR count). The summed E-state index contributed by atoms with van der Waals surface area (Å²) in [7, 11) is 0. The van der Waals surface area contributed by atoms with E-state index in [1.165, 1.54) is 0 Å². The molecule has 0 aliphatic heterocycles. The molecule has 1 atom stereocenters. The lowest BCUT2D eigenvalue weighted by atomic mass is 10.2. The molecule has 1 unspecified atom stereocenters. The quantitative estimate of drug-likeness (QED) is 0.357. The van der Waals surface area contributed by atoms with Gasteiger partial charge in [0.1, 0.15) is 6.10 Å². The lowest BCUT2D eigenvalue weighted by Crippen LogP contribution is -2.40. The van der Waals surface area contributed by atoms with Crippen molar-refractivity contribution in [2.75, 3.05) is 6.61 Å². The Kier molecular flexibility index (Phi) is 6.91. The van der Waals surface area contributed by atoms with Crippen LogP contribution in [0.3, 0.4) is 0 Å². The number of halogens is 3. The molecule has 0 fully saturated rings. The van der Waals surface area contributed by atoms with E-state index >= 15 is 0 Å². The summed E-state index contributed by atoms with van der Waals surface area (Å²) in [4.78, 5) is 46.0. The maximum atomic E-state index is 12.6. The monoisotopic (exact) mass is 367 g/mol. The first-order valence-electron chi connectivity index (χ1n) is 6.98. The maximum Gasteiger partial charge on any atom is 0.487 e. The van der Waals surface area contributed by atoms with Crippen LogP contribution in [0.2, 0.25) is 0 Å². The maximum absolute atomic E-state index is 12.6. The highest BCUT2D eigenvalue weighted by Gasteiger charge is 2.36. The number of alkyl halides is 3. The van der Waals surface area contributed by atoms with Crippen LogP contribution in [-0.4, -0.2) is 50.9 Å². The molecule has 0 radical (unpaired) electrons. The van der Waals surface area contributed by atoms with Crippen LogP contribution in [0, 0.1) is 0 Å². The first-order valence-corrected chi connectivity index (χ1v) is 6.98. The number of hydrogen-bond donors (Lipinski definition) is 2. The Morgan fingerprint density at radius 1 is 1.48 bits per heavy atom. The summed E-state index contributed by atoms with van der Waals surface area (Å²) in [5.41, 5.74) is -2.41. The molecule has 1 amide bonds. The van der Waals surface area contributed by atoms with Crippen molar-refractivity contribution in [3.63, 3.8) is 0 Å². The third-order valence-electron chi connectivity index (χ3n) is 3.11. The van der Waals surface area contributed by atoms with E-state index in [4.69, 9.17) is 9.84 Å². The SMILES string of the molecule is CC(=O)OC(CO)CCn1cc(CN(C=O)C(F)(F)F)c(=O)[nH]c1=O. The summed E-state index contributed by atoms with van der Waals surface area (Å²) in [6.07, 6.45) is -5.51. The zero-order valence-corrected chi connectivity index (χ0v) is 13.1. The minimum Gasteiger partial charge on any atom is -0.460 e. The van der Waals surface area contributed by atoms with Gasteiger partial charge in [-0.1, -0.05) is 0 Å². The van der Waals surface area contributed by atoms with Gasteiger partial charge in [-0.2, -0.15) is 0 Å². The highest BCUT2D eigenvalue weighted by molar-refractivity contribution is 5.66. The van der Waals surface area contributed by atoms with E-state index in [-0.39, 0.29) is 13.0 Å². The van der Waals surface area contributed by atoms with Gasteiger partial charge in [0.25, 0.3) is 5.56 Å². The Morgan fingerprint density at radius 3 is 2.60 bits per heavy atom. The minimum absolute atomic E-state index is 0.0157. The van der Waals surface area contributed by atoms with Crippen molar-refractivity contribution >= 4 is 12.4 Å². The molecule has 0 spiro atoms. The van der Waals surface area contributed by atoms with E-state index in [0.717, 1.165) is 17.7 Å². The van der Waals surface area contributed by atoms with Gasteiger partial charge in [0.15, 0.2) is 0 Å². The van der Waals surface area contributed by atoms with Crippen molar-refractivity contribution in [1.82, 2.24) is 14.5 Å². The Hall–Kier alpha value is -2.63. The first-order chi connectivity index (χ1) is 11.6. The third-order valence-corrected chi connectivity index (χ3v) is 3.11. The Balaban J connectivity index is 2.99. The number of nitrogens with one attached hydrogen (secondary N) is 1.